The lowest BCUT2D eigenvalue weighted by Crippen LogP contribution is -1.83. The molecule has 0 atom stereocenters. The lowest BCUT2D eigenvalue weighted by atomic mass is 10.2. The van der Waals surface area contributed by atoms with Gasteiger partial charge in [-0.05, 0) is 24.3 Å². The van der Waals surface area contributed by atoms with Crippen molar-refractivity contribution in [2.75, 3.05) is 4.72 Å². The Bertz CT molecular complexity index is 265. The molecule has 0 bridgehead atoms. The molecule has 0 radical (unpaired) electrons. The number of nitrogens with zero attached hydrogens (tertiary/aromatic N) is 1. The standard InChI is InChI=1S/C7H6N2OS/c8-5-6-1-3-7(4-2-6)9-11-10/h1-4,9-10H. The van der Waals surface area contributed by atoms with Crippen molar-refractivity contribution < 1.29 is 4.55 Å². The molecule has 0 saturated carbocycles. The van der Waals surface area contributed by atoms with E-state index in [9.17, 15) is 0 Å². The van der Waals surface area contributed by atoms with E-state index in [0.717, 1.165) is 5.69 Å². The number of hydrogen-bond acceptors (Lipinski definition) is 4. The largest absolute Gasteiger partial charge is 0.312 e. The lowest BCUT2D eigenvalue weighted by molar-refractivity contribution is 0.668. The molecule has 11 heavy (non-hydrogen) atoms. The highest BCUT2D eigenvalue weighted by atomic mass is 32.2. The topological polar surface area (TPSA) is 56.0 Å². The van der Waals surface area contributed by atoms with Gasteiger partial charge in [-0.3, -0.25) is 0 Å². The Balaban J connectivity index is 2.76. The van der Waals surface area contributed by atoms with Gasteiger partial charge in [0.1, 0.15) is 12.2 Å². The van der Waals surface area contributed by atoms with Gasteiger partial charge < -0.3 is 9.27 Å². The number of nitrogens with one attached hydrogen (secondary N) is 1. The van der Waals surface area contributed by atoms with Crippen molar-refractivity contribution in [1.82, 2.24) is 0 Å². The molecule has 0 spiro atoms. The van der Waals surface area contributed by atoms with Gasteiger partial charge in [-0.25, -0.2) is 0 Å². The molecule has 1 aromatic carbocycles. The maximum Gasteiger partial charge on any atom is 0.108 e. The van der Waals surface area contributed by atoms with Gasteiger partial charge >= 0.3 is 0 Å². The zero-order valence-electron chi connectivity index (χ0n) is 5.61. The minimum atomic E-state index is 0.535. The maximum atomic E-state index is 8.43. The van der Waals surface area contributed by atoms with Crippen molar-refractivity contribution in [1.29, 1.82) is 5.26 Å². The second-order valence-corrected chi connectivity index (χ2v) is 2.27. The molecular formula is C7H6N2OS. The zero-order chi connectivity index (χ0) is 8.10. The third-order valence-corrected chi connectivity index (χ3v) is 1.50. The predicted molar refractivity (Wildman–Crippen MR) is 45.0 cm³/mol. The third kappa shape index (κ3) is 2.15. The van der Waals surface area contributed by atoms with Crippen molar-refractivity contribution in [3.05, 3.63) is 29.8 Å². The van der Waals surface area contributed by atoms with E-state index in [1.54, 1.807) is 24.3 Å². The molecule has 2 N–H and O–H groups in total. The van der Waals surface area contributed by atoms with E-state index >= 15 is 0 Å². The maximum absolute atomic E-state index is 8.43. The first-order chi connectivity index (χ1) is 5.36. The molecule has 4 heteroatoms. The predicted octanol–water partition coefficient (Wildman–Crippen LogP) is 2.09. The van der Waals surface area contributed by atoms with Gasteiger partial charge in [0.25, 0.3) is 0 Å². The van der Waals surface area contributed by atoms with Crippen LogP contribution in [0.4, 0.5) is 5.69 Å². The summed E-state index contributed by atoms with van der Waals surface area (Å²) in [6.45, 7) is 0. The Kier molecular flexibility index (Phi) is 2.78. The zero-order valence-corrected chi connectivity index (χ0v) is 6.43. The van der Waals surface area contributed by atoms with E-state index < -0.39 is 0 Å². The smallest absolute Gasteiger partial charge is 0.108 e. The summed E-state index contributed by atoms with van der Waals surface area (Å²) in [5, 5.41) is 8.43. The highest BCUT2D eigenvalue weighted by molar-refractivity contribution is 7.95. The quantitative estimate of drug-likeness (QED) is 0.521. The summed E-state index contributed by atoms with van der Waals surface area (Å²) >= 11 is 0.535. The van der Waals surface area contributed by atoms with Crippen molar-refractivity contribution in [3.63, 3.8) is 0 Å². The Morgan fingerprint density at radius 1 is 1.36 bits per heavy atom. The van der Waals surface area contributed by atoms with Crippen molar-refractivity contribution in [2.45, 2.75) is 0 Å². The first kappa shape index (κ1) is 7.92. The van der Waals surface area contributed by atoms with Crippen LogP contribution in [0, 0.1) is 11.3 Å². The van der Waals surface area contributed by atoms with Crippen LogP contribution in [0.3, 0.4) is 0 Å². The Labute approximate surface area is 69.0 Å². The molecule has 0 aromatic heterocycles. The van der Waals surface area contributed by atoms with E-state index in [1.165, 1.54) is 0 Å². The monoisotopic (exact) mass is 166 g/mol. The van der Waals surface area contributed by atoms with Crippen LogP contribution in [-0.4, -0.2) is 4.55 Å². The highest BCUT2D eigenvalue weighted by Gasteiger charge is 1.90. The van der Waals surface area contributed by atoms with Gasteiger partial charge in [0.15, 0.2) is 0 Å². The normalized spacial score (nSPS) is 8.73. The summed E-state index contributed by atoms with van der Waals surface area (Å²) in [6, 6.07) is 8.81. The molecule has 0 amide bonds. The number of hydrogen-bond donors (Lipinski definition) is 2. The summed E-state index contributed by atoms with van der Waals surface area (Å²) in [4.78, 5) is 0. The highest BCUT2D eigenvalue weighted by Crippen LogP contribution is 2.11. The minimum Gasteiger partial charge on any atom is -0.312 e. The Morgan fingerprint density at radius 3 is 2.45 bits per heavy atom. The van der Waals surface area contributed by atoms with Crippen LogP contribution in [0.25, 0.3) is 0 Å². The molecule has 0 aliphatic heterocycles. The summed E-state index contributed by atoms with van der Waals surface area (Å²) < 4.78 is 11.0. The average Bonchev–Trinajstić information content (AvgIpc) is 2.07. The van der Waals surface area contributed by atoms with Crippen LogP contribution in [0.5, 0.6) is 0 Å². The SMILES string of the molecule is N#Cc1ccc(NSO)cc1. The molecule has 0 saturated heterocycles. The van der Waals surface area contributed by atoms with Gasteiger partial charge in [0.2, 0.25) is 0 Å². The van der Waals surface area contributed by atoms with Crippen LogP contribution in [-0.2, 0) is 0 Å². The number of benzene rings is 1. The average molecular weight is 166 g/mol. The lowest BCUT2D eigenvalue weighted by Gasteiger charge is -1.98. The fourth-order valence-electron chi connectivity index (χ4n) is 0.666. The molecule has 1 aromatic rings. The van der Waals surface area contributed by atoms with Crippen molar-refractivity contribution >= 4 is 17.9 Å². The summed E-state index contributed by atoms with van der Waals surface area (Å²) in [7, 11) is 0. The summed E-state index contributed by atoms with van der Waals surface area (Å²) in [5.41, 5.74) is 1.38. The van der Waals surface area contributed by atoms with Crippen LogP contribution in [0.15, 0.2) is 24.3 Å². The fourth-order valence-corrected chi connectivity index (χ4v) is 0.907. The second kappa shape index (κ2) is 3.86. The van der Waals surface area contributed by atoms with Gasteiger partial charge in [-0.15, -0.1) is 0 Å². The Hall–Kier alpha value is -1.18. The molecule has 3 nitrogen and oxygen atoms in total. The fraction of sp³-hybridized carbons (Fsp3) is 0. The molecule has 1 rings (SSSR count). The van der Waals surface area contributed by atoms with Crippen LogP contribution in [0.2, 0.25) is 0 Å². The number of rotatable bonds is 2. The molecule has 0 aliphatic rings. The van der Waals surface area contributed by atoms with Gasteiger partial charge in [0, 0.05) is 5.69 Å². The molecule has 56 valence electrons. The molecule has 0 heterocycles. The van der Waals surface area contributed by atoms with Crippen LogP contribution < -0.4 is 4.72 Å². The van der Waals surface area contributed by atoms with Crippen molar-refractivity contribution in [2.24, 2.45) is 0 Å². The van der Waals surface area contributed by atoms with Gasteiger partial charge in [-0.2, -0.15) is 5.26 Å². The summed E-state index contributed by atoms with van der Waals surface area (Å²) in [5.74, 6) is 0. The minimum absolute atomic E-state index is 0.535. The first-order valence-electron chi connectivity index (χ1n) is 2.93. The molecular weight excluding hydrogens is 160 g/mol. The molecule has 0 fully saturated rings. The number of anilines is 1. The van der Waals surface area contributed by atoms with E-state index in [4.69, 9.17) is 9.81 Å². The van der Waals surface area contributed by atoms with Crippen molar-refractivity contribution in [3.8, 4) is 6.07 Å². The molecule has 0 unspecified atom stereocenters. The first-order valence-corrected chi connectivity index (χ1v) is 3.71. The van der Waals surface area contributed by atoms with Crippen LogP contribution in [0.1, 0.15) is 5.56 Å². The summed E-state index contributed by atoms with van der Waals surface area (Å²) in [6.07, 6.45) is 0. The van der Waals surface area contributed by atoms with Crippen LogP contribution >= 0.6 is 12.2 Å². The Morgan fingerprint density at radius 2 is 2.00 bits per heavy atom. The van der Waals surface area contributed by atoms with Gasteiger partial charge in [0.05, 0.1) is 11.6 Å². The second-order valence-electron chi connectivity index (χ2n) is 1.88. The third-order valence-electron chi connectivity index (χ3n) is 1.18. The van der Waals surface area contributed by atoms with E-state index in [-0.39, 0.29) is 0 Å². The van der Waals surface area contributed by atoms with E-state index in [0.29, 0.717) is 17.8 Å². The number of nitriles is 1. The van der Waals surface area contributed by atoms with E-state index in [1.807, 2.05) is 6.07 Å². The van der Waals surface area contributed by atoms with E-state index in [2.05, 4.69) is 4.72 Å². The van der Waals surface area contributed by atoms with Gasteiger partial charge in [-0.1, -0.05) is 0 Å². The molecule has 0 aliphatic carbocycles.